The number of piperidine rings is 1. The van der Waals surface area contributed by atoms with Crippen molar-refractivity contribution in [1.29, 1.82) is 0 Å². The highest BCUT2D eigenvalue weighted by Crippen LogP contribution is 2.29. The van der Waals surface area contributed by atoms with Crippen LogP contribution in [0.4, 0.5) is 0 Å². The van der Waals surface area contributed by atoms with E-state index in [1.54, 1.807) is 0 Å². The number of amides is 1. The lowest BCUT2D eigenvalue weighted by Gasteiger charge is -2.36. The second-order valence-corrected chi connectivity index (χ2v) is 6.61. The summed E-state index contributed by atoms with van der Waals surface area (Å²) in [4.78, 5) is 14.7. The number of carbonyl (C=O) groups excluding carboxylic acids is 1. The quantitative estimate of drug-likeness (QED) is 0.808. The lowest BCUT2D eigenvalue weighted by molar-refractivity contribution is -0.127. The molecule has 1 amide bonds. The Bertz CT molecular complexity index is 308. The maximum Gasteiger partial charge on any atom is 0.223 e. The minimum atomic E-state index is 0.203. The molecule has 4 nitrogen and oxygen atoms in total. The molecule has 0 aromatic heterocycles. The molecule has 4 atom stereocenters. The molecule has 1 saturated carbocycles. The Hall–Kier alpha value is -0.610. The van der Waals surface area contributed by atoms with Crippen LogP contribution in [-0.2, 0) is 4.79 Å². The van der Waals surface area contributed by atoms with Gasteiger partial charge in [-0.1, -0.05) is 13.3 Å². The van der Waals surface area contributed by atoms with Crippen LogP contribution >= 0.6 is 0 Å². The Morgan fingerprint density at radius 2 is 2.16 bits per heavy atom. The molecule has 0 bridgehead atoms. The van der Waals surface area contributed by atoms with Crippen molar-refractivity contribution in [1.82, 2.24) is 10.2 Å². The molecule has 0 aromatic carbocycles. The van der Waals surface area contributed by atoms with Crippen molar-refractivity contribution in [2.45, 2.75) is 45.1 Å². The van der Waals surface area contributed by atoms with E-state index in [2.05, 4.69) is 24.2 Å². The van der Waals surface area contributed by atoms with E-state index in [-0.39, 0.29) is 11.8 Å². The molecule has 2 rings (SSSR count). The van der Waals surface area contributed by atoms with Gasteiger partial charge in [0, 0.05) is 18.5 Å². The number of carbonyl (C=O) groups is 1. The third-order valence-electron chi connectivity index (χ3n) is 4.92. The summed E-state index contributed by atoms with van der Waals surface area (Å²) < 4.78 is 0. The molecular formula is C15H29N3O. The lowest BCUT2D eigenvalue weighted by atomic mass is 9.80. The number of rotatable bonds is 3. The molecule has 1 heterocycles. The second-order valence-electron chi connectivity index (χ2n) is 6.61. The van der Waals surface area contributed by atoms with Gasteiger partial charge in [-0.05, 0) is 57.7 Å². The zero-order chi connectivity index (χ0) is 13.8. The maximum absolute atomic E-state index is 12.4. The number of likely N-dealkylation sites (tertiary alicyclic amines) is 1. The van der Waals surface area contributed by atoms with Gasteiger partial charge >= 0.3 is 0 Å². The molecule has 0 spiro atoms. The molecule has 0 radical (unpaired) electrons. The number of hydrogen-bond acceptors (Lipinski definition) is 3. The smallest absolute Gasteiger partial charge is 0.223 e. The molecule has 1 saturated heterocycles. The number of nitrogens with zero attached hydrogens (tertiary/aromatic N) is 1. The van der Waals surface area contributed by atoms with E-state index in [4.69, 9.17) is 5.73 Å². The molecule has 4 unspecified atom stereocenters. The van der Waals surface area contributed by atoms with Crippen molar-refractivity contribution >= 4 is 5.91 Å². The van der Waals surface area contributed by atoms with E-state index in [1.807, 2.05) is 0 Å². The molecule has 110 valence electrons. The molecule has 19 heavy (non-hydrogen) atoms. The molecule has 2 fully saturated rings. The first-order valence-electron chi connectivity index (χ1n) is 7.79. The highest BCUT2D eigenvalue weighted by Gasteiger charge is 2.30. The van der Waals surface area contributed by atoms with Crippen LogP contribution in [-0.4, -0.2) is 43.5 Å². The highest BCUT2D eigenvalue weighted by molar-refractivity contribution is 5.79. The van der Waals surface area contributed by atoms with Crippen LogP contribution in [0, 0.1) is 17.8 Å². The third-order valence-corrected chi connectivity index (χ3v) is 4.92. The van der Waals surface area contributed by atoms with Crippen molar-refractivity contribution in [3.8, 4) is 0 Å². The number of nitrogens with one attached hydrogen (secondary N) is 1. The van der Waals surface area contributed by atoms with E-state index >= 15 is 0 Å². The highest BCUT2D eigenvalue weighted by atomic mass is 16.1. The molecule has 2 aliphatic rings. The van der Waals surface area contributed by atoms with E-state index in [1.165, 1.54) is 6.42 Å². The lowest BCUT2D eigenvalue weighted by Crippen LogP contribution is -2.50. The average Bonchev–Trinajstić information content (AvgIpc) is 2.42. The fourth-order valence-corrected chi connectivity index (χ4v) is 3.61. The van der Waals surface area contributed by atoms with Gasteiger partial charge in [0.25, 0.3) is 0 Å². The number of hydrogen-bond donors (Lipinski definition) is 2. The Morgan fingerprint density at radius 1 is 1.37 bits per heavy atom. The summed E-state index contributed by atoms with van der Waals surface area (Å²) in [6.45, 7) is 5.14. The van der Waals surface area contributed by atoms with Crippen molar-refractivity contribution in [2.24, 2.45) is 23.5 Å². The largest absolute Gasteiger partial charge is 0.353 e. The van der Waals surface area contributed by atoms with Crippen LogP contribution in [0.3, 0.4) is 0 Å². The van der Waals surface area contributed by atoms with Gasteiger partial charge in [-0.25, -0.2) is 0 Å². The summed E-state index contributed by atoms with van der Waals surface area (Å²) >= 11 is 0. The maximum atomic E-state index is 12.4. The summed E-state index contributed by atoms with van der Waals surface area (Å²) in [6, 6.07) is 0.363. The van der Waals surface area contributed by atoms with Crippen molar-refractivity contribution in [2.75, 3.05) is 26.7 Å². The van der Waals surface area contributed by atoms with Crippen LogP contribution in [0.25, 0.3) is 0 Å². The van der Waals surface area contributed by atoms with Crippen LogP contribution in [0.5, 0.6) is 0 Å². The van der Waals surface area contributed by atoms with Gasteiger partial charge in [-0.3, -0.25) is 4.79 Å². The van der Waals surface area contributed by atoms with Gasteiger partial charge < -0.3 is 16.0 Å². The fourth-order valence-electron chi connectivity index (χ4n) is 3.61. The van der Waals surface area contributed by atoms with E-state index in [9.17, 15) is 4.79 Å². The first kappa shape index (κ1) is 14.8. The Balaban J connectivity index is 1.83. The first-order valence-corrected chi connectivity index (χ1v) is 7.79. The van der Waals surface area contributed by atoms with Crippen molar-refractivity contribution in [3.63, 3.8) is 0 Å². The van der Waals surface area contributed by atoms with Gasteiger partial charge in [-0.15, -0.1) is 0 Å². The van der Waals surface area contributed by atoms with Crippen LogP contribution in [0.2, 0.25) is 0 Å². The standard InChI is InChI=1S/C15H29N3O/c1-11-10-18(2)7-6-14(11)17-15(19)13-5-3-4-12(8-13)9-16/h11-14H,3-10,16H2,1-2H3,(H,17,19). The first-order chi connectivity index (χ1) is 9.10. The zero-order valence-electron chi connectivity index (χ0n) is 12.4. The minimum Gasteiger partial charge on any atom is -0.353 e. The molecular weight excluding hydrogens is 238 g/mol. The molecule has 0 aromatic rings. The Morgan fingerprint density at radius 3 is 2.84 bits per heavy atom. The summed E-state index contributed by atoms with van der Waals surface area (Å²) in [5.41, 5.74) is 5.75. The number of nitrogens with two attached hydrogens (primary N) is 1. The van der Waals surface area contributed by atoms with E-state index in [0.29, 0.717) is 17.9 Å². The van der Waals surface area contributed by atoms with Crippen LogP contribution in [0.15, 0.2) is 0 Å². The zero-order valence-corrected chi connectivity index (χ0v) is 12.4. The summed E-state index contributed by atoms with van der Waals surface area (Å²) in [5, 5.41) is 3.30. The average molecular weight is 267 g/mol. The predicted octanol–water partition coefficient (Wildman–Crippen LogP) is 1.21. The minimum absolute atomic E-state index is 0.203. The topological polar surface area (TPSA) is 58.4 Å². The SMILES string of the molecule is CC1CN(C)CCC1NC(=O)C1CCCC(CN)C1. The van der Waals surface area contributed by atoms with Gasteiger partial charge in [-0.2, -0.15) is 0 Å². The molecule has 1 aliphatic carbocycles. The van der Waals surface area contributed by atoms with Crippen LogP contribution < -0.4 is 11.1 Å². The molecule has 1 aliphatic heterocycles. The molecule has 4 heteroatoms. The fraction of sp³-hybridized carbons (Fsp3) is 0.933. The summed E-state index contributed by atoms with van der Waals surface area (Å²) in [6.07, 6.45) is 5.47. The van der Waals surface area contributed by atoms with Crippen LogP contribution in [0.1, 0.15) is 39.0 Å². The Labute approximate surface area is 117 Å². The van der Waals surface area contributed by atoms with Gasteiger partial charge in [0.05, 0.1) is 0 Å². The predicted molar refractivity (Wildman–Crippen MR) is 77.7 cm³/mol. The van der Waals surface area contributed by atoms with Gasteiger partial charge in [0.15, 0.2) is 0 Å². The van der Waals surface area contributed by atoms with Crippen molar-refractivity contribution in [3.05, 3.63) is 0 Å². The molecule has 3 N–H and O–H groups in total. The van der Waals surface area contributed by atoms with Crippen molar-refractivity contribution < 1.29 is 4.79 Å². The normalized spacial score (nSPS) is 37.0. The van der Waals surface area contributed by atoms with E-state index < -0.39 is 0 Å². The second kappa shape index (κ2) is 6.71. The summed E-state index contributed by atoms with van der Waals surface area (Å²) in [5.74, 6) is 1.59. The van der Waals surface area contributed by atoms with Gasteiger partial charge in [0.1, 0.15) is 0 Å². The summed E-state index contributed by atoms with van der Waals surface area (Å²) in [7, 11) is 2.15. The van der Waals surface area contributed by atoms with E-state index in [0.717, 1.165) is 45.3 Å². The Kier molecular flexibility index (Phi) is 5.22. The van der Waals surface area contributed by atoms with Gasteiger partial charge in [0.2, 0.25) is 5.91 Å². The monoisotopic (exact) mass is 267 g/mol. The third kappa shape index (κ3) is 3.93.